The molecule has 0 bridgehead atoms. The molecule has 1 amide bonds. The highest BCUT2D eigenvalue weighted by Gasteiger charge is 2.44. The average molecular weight is 210 g/mol. The van der Waals surface area contributed by atoms with Crippen LogP contribution < -0.4 is 5.32 Å². The molecular formula is C8H13F3N2O. The molecular weight excluding hydrogens is 197 g/mol. The van der Waals surface area contributed by atoms with Gasteiger partial charge in [-0.1, -0.05) is 6.58 Å². The van der Waals surface area contributed by atoms with E-state index in [1.807, 2.05) is 0 Å². The predicted molar refractivity (Wildman–Crippen MR) is 46.7 cm³/mol. The first kappa shape index (κ1) is 13.0. The molecule has 0 radical (unpaired) electrons. The molecule has 0 fully saturated rings. The molecule has 0 aromatic heterocycles. The number of likely N-dealkylation sites (N-methyl/N-ethyl adjacent to an activating group) is 2. The zero-order valence-electron chi connectivity index (χ0n) is 8.27. The van der Waals surface area contributed by atoms with Crippen LogP contribution in [0.4, 0.5) is 13.2 Å². The van der Waals surface area contributed by atoms with Crippen molar-refractivity contribution >= 4 is 5.91 Å². The van der Waals surface area contributed by atoms with Crippen molar-refractivity contribution in [3.05, 3.63) is 12.2 Å². The molecule has 0 heterocycles. The molecule has 82 valence electrons. The van der Waals surface area contributed by atoms with E-state index in [4.69, 9.17) is 0 Å². The van der Waals surface area contributed by atoms with E-state index in [9.17, 15) is 18.0 Å². The normalized spacial score (nSPS) is 13.9. The average Bonchev–Trinajstić information content (AvgIpc) is 1.99. The number of hydrogen-bond acceptors (Lipinski definition) is 2. The first-order chi connectivity index (χ1) is 6.21. The van der Waals surface area contributed by atoms with Crippen LogP contribution in [0, 0.1) is 0 Å². The van der Waals surface area contributed by atoms with Crippen LogP contribution in [0.3, 0.4) is 0 Å². The van der Waals surface area contributed by atoms with Gasteiger partial charge in [-0.15, -0.1) is 0 Å². The largest absolute Gasteiger partial charge is 0.408 e. The summed E-state index contributed by atoms with van der Waals surface area (Å²) in [6, 6.07) is -1.94. The van der Waals surface area contributed by atoms with Crippen LogP contribution in [0.1, 0.15) is 0 Å². The molecule has 6 heteroatoms. The Kier molecular flexibility index (Phi) is 4.12. The molecule has 0 spiro atoms. The summed E-state index contributed by atoms with van der Waals surface area (Å²) < 4.78 is 37.3. The molecule has 14 heavy (non-hydrogen) atoms. The second-order valence-corrected chi connectivity index (χ2v) is 3.01. The number of carbonyl (C=O) groups excluding carboxylic acids is 1. The maximum Gasteiger partial charge on any atom is 0.408 e. The van der Waals surface area contributed by atoms with Crippen molar-refractivity contribution < 1.29 is 18.0 Å². The standard InChI is InChI=1S/C8H13F3N2O/c1-5(7(14)12-2)6(13(3)4)8(9,10)11/h6H,1H2,2-4H3,(H,12,14). The van der Waals surface area contributed by atoms with Crippen LogP contribution in [-0.2, 0) is 4.79 Å². The maximum atomic E-state index is 12.4. The predicted octanol–water partition coefficient (Wildman–Crippen LogP) is 0.781. The second kappa shape index (κ2) is 4.45. The Morgan fingerprint density at radius 3 is 2.07 bits per heavy atom. The molecule has 1 unspecified atom stereocenters. The number of halogens is 3. The Hall–Kier alpha value is -1.04. The monoisotopic (exact) mass is 210 g/mol. The topological polar surface area (TPSA) is 32.3 Å². The highest BCUT2D eigenvalue weighted by molar-refractivity contribution is 5.93. The summed E-state index contributed by atoms with van der Waals surface area (Å²) in [6.07, 6.45) is -4.49. The molecule has 0 rings (SSSR count). The van der Waals surface area contributed by atoms with Gasteiger partial charge in [0.2, 0.25) is 5.91 Å². The van der Waals surface area contributed by atoms with E-state index in [1.165, 1.54) is 21.1 Å². The number of amides is 1. The number of alkyl halides is 3. The molecule has 0 aromatic carbocycles. The third-order valence-corrected chi connectivity index (χ3v) is 1.68. The number of nitrogens with one attached hydrogen (secondary N) is 1. The summed E-state index contributed by atoms with van der Waals surface area (Å²) in [4.78, 5) is 11.9. The first-order valence-electron chi connectivity index (χ1n) is 3.85. The Morgan fingerprint density at radius 2 is 1.86 bits per heavy atom. The molecule has 0 saturated carbocycles. The third-order valence-electron chi connectivity index (χ3n) is 1.68. The first-order valence-corrected chi connectivity index (χ1v) is 3.85. The minimum Gasteiger partial charge on any atom is -0.355 e. The SMILES string of the molecule is C=C(C(=O)NC)C(N(C)C)C(F)(F)F. The lowest BCUT2D eigenvalue weighted by molar-refractivity contribution is -0.168. The van der Waals surface area contributed by atoms with Crippen molar-refractivity contribution in [3.8, 4) is 0 Å². The van der Waals surface area contributed by atoms with E-state index in [0.29, 0.717) is 0 Å². The van der Waals surface area contributed by atoms with Crippen LogP contribution >= 0.6 is 0 Å². The number of carbonyl (C=O) groups is 1. The van der Waals surface area contributed by atoms with Gasteiger partial charge in [-0.05, 0) is 14.1 Å². The minimum atomic E-state index is -4.49. The molecule has 1 atom stereocenters. The Balaban J connectivity index is 4.86. The maximum absolute atomic E-state index is 12.4. The highest BCUT2D eigenvalue weighted by Crippen LogP contribution is 2.27. The Morgan fingerprint density at radius 1 is 1.43 bits per heavy atom. The van der Waals surface area contributed by atoms with Crippen LogP contribution in [0.5, 0.6) is 0 Å². The Bertz CT molecular complexity index is 235. The van der Waals surface area contributed by atoms with Crippen molar-refractivity contribution in [1.82, 2.24) is 10.2 Å². The molecule has 0 aliphatic carbocycles. The van der Waals surface area contributed by atoms with Crippen molar-refractivity contribution in [3.63, 3.8) is 0 Å². The zero-order valence-corrected chi connectivity index (χ0v) is 8.27. The van der Waals surface area contributed by atoms with Crippen LogP contribution in [-0.4, -0.2) is 44.2 Å². The van der Waals surface area contributed by atoms with E-state index < -0.39 is 23.7 Å². The molecule has 0 saturated heterocycles. The third kappa shape index (κ3) is 3.02. The van der Waals surface area contributed by atoms with Gasteiger partial charge in [0.25, 0.3) is 0 Å². The lowest BCUT2D eigenvalue weighted by Gasteiger charge is -2.27. The van der Waals surface area contributed by atoms with Crippen molar-refractivity contribution in [1.29, 1.82) is 0 Å². The van der Waals surface area contributed by atoms with Crippen LogP contribution in [0.15, 0.2) is 12.2 Å². The summed E-state index contributed by atoms with van der Waals surface area (Å²) in [5.41, 5.74) is -0.509. The highest BCUT2D eigenvalue weighted by atomic mass is 19.4. The van der Waals surface area contributed by atoms with Gasteiger partial charge in [-0.3, -0.25) is 9.69 Å². The number of hydrogen-bond donors (Lipinski definition) is 1. The fourth-order valence-electron chi connectivity index (χ4n) is 1.09. The van der Waals surface area contributed by atoms with E-state index in [2.05, 4.69) is 11.9 Å². The smallest absolute Gasteiger partial charge is 0.355 e. The van der Waals surface area contributed by atoms with Gasteiger partial charge in [0.05, 0.1) is 0 Å². The van der Waals surface area contributed by atoms with Crippen molar-refractivity contribution in [2.24, 2.45) is 0 Å². The van der Waals surface area contributed by atoms with Gasteiger partial charge in [0, 0.05) is 12.6 Å². The molecule has 1 N–H and O–H groups in total. The van der Waals surface area contributed by atoms with Gasteiger partial charge in [-0.25, -0.2) is 0 Å². The summed E-state index contributed by atoms with van der Waals surface area (Å²) in [5.74, 6) is -0.805. The fraction of sp³-hybridized carbons (Fsp3) is 0.625. The zero-order chi connectivity index (χ0) is 11.5. The van der Waals surface area contributed by atoms with Gasteiger partial charge in [-0.2, -0.15) is 13.2 Å². The molecule has 0 aliphatic rings. The summed E-state index contributed by atoms with van der Waals surface area (Å²) in [6.45, 7) is 3.14. The van der Waals surface area contributed by atoms with Crippen molar-refractivity contribution in [2.75, 3.05) is 21.1 Å². The quantitative estimate of drug-likeness (QED) is 0.698. The Labute approximate surface area is 80.6 Å². The number of rotatable bonds is 3. The lowest BCUT2D eigenvalue weighted by atomic mass is 10.1. The number of nitrogens with zero attached hydrogens (tertiary/aromatic N) is 1. The summed E-state index contributed by atoms with van der Waals surface area (Å²) in [5, 5.41) is 2.11. The lowest BCUT2D eigenvalue weighted by Crippen LogP contribution is -2.46. The minimum absolute atomic E-state index is 0.509. The second-order valence-electron chi connectivity index (χ2n) is 3.01. The molecule has 3 nitrogen and oxygen atoms in total. The summed E-state index contributed by atoms with van der Waals surface area (Å²) in [7, 11) is 3.75. The van der Waals surface area contributed by atoms with Gasteiger partial charge < -0.3 is 5.32 Å². The van der Waals surface area contributed by atoms with Crippen LogP contribution in [0.25, 0.3) is 0 Å². The van der Waals surface area contributed by atoms with E-state index in [1.54, 1.807) is 0 Å². The van der Waals surface area contributed by atoms with E-state index >= 15 is 0 Å². The van der Waals surface area contributed by atoms with Crippen molar-refractivity contribution in [2.45, 2.75) is 12.2 Å². The van der Waals surface area contributed by atoms with E-state index in [0.717, 1.165) is 4.90 Å². The molecule has 0 aromatic rings. The summed E-state index contributed by atoms with van der Waals surface area (Å²) >= 11 is 0. The molecule has 0 aliphatic heterocycles. The van der Waals surface area contributed by atoms with E-state index in [-0.39, 0.29) is 0 Å². The van der Waals surface area contributed by atoms with Gasteiger partial charge in [0.15, 0.2) is 0 Å². The van der Waals surface area contributed by atoms with Crippen LogP contribution in [0.2, 0.25) is 0 Å². The van der Waals surface area contributed by atoms with Gasteiger partial charge >= 0.3 is 6.18 Å². The fourth-order valence-corrected chi connectivity index (χ4v) is 1.09. The van der Waals surface area contributed by atoms with Gasteiger partial charge in [0.1, 0.15) is 6.04 Å².